The smallest absolute Gasteiger partial charge is 0.251 e. The predicted molar refractivity (Wildman–Crippen MR) is 116 cm³/mol. The summed E-state index contributed by atoms with van der Waals surface area (Å²) in [7, 11) is 3.07. The number of amides is 1. The number of nitrogens with zero attached hydrogens (tertiary/aromatic N) is 2. The van der Waals surface area contributed by atoms with Crippen molar-refractivity contribution < 1.29 is 18.7 Å². The van der Waals surface area contributed by atoms with Crippen molar-refractivity contribution in [2.24, 2.45) is 0 Å². The molecular weight excluding hydrogens is 385 g/mol. The van der Waals surface area contributed by atoms with Crippen LogP contribution in [0.2, 0.25) is 0 Å². The molecule has 1 atom stereocenters. The molecule has 1 saturated heterocycles. The largest absolute Gasteiger partial charge is 0.493 e. The second-order valence-electron chi connectivity index (χ2n) is 7.39. The summed E-state index contributed by atoms with van der Waals surface area (Å²) in [5, 5.41) is 2.99. The summed E-state index contributed by atoms with van der Waals surface area (Å²) in [6.07, 6.45) is 0. The third-order valence-electron chi connectivity index (χ3n) is 5.61. The minimum absolute atomic E-state index is 0.255. The van der Waals surface area contributed by atoms with E-state index in [2.05, 4.69) is 22.0 Å². The van der Waals surface area contributed by atoms with Gasteiger partial charge in [-0.3, -0.25) is 4.79 Å². The molecule has 2 aromatic rings. The second-order valence-corrected chi connectivity index (χ2v) is 7.39. The highest BCUT2D eigenvalue weighted by atomic mass is 19.1. The van der Waals surface area contributed by atoms with Gasteiger partial charge < -0.3 is 24.6 Å². The van der Waals surface area contributed by atoms with Gasteiger partial charge in [-0.1, -0.05) is 6.92 Å². The van der Waals surface area contributed by atoms with Crippen LogP contribution in [-0.2, 0) is 0 Å². The van der Waals surface area contributed by atoms with Crippen molar-refractivity contribution in [3.8, 4) is 11.5 Å². The quantitative estimate of drug-likeness (QED) is 0.751. The van der Waals surface area contributed by atoms with Crippen LogP contribution in [0.1, 0.15) is 35.8 Å². The summed E-state index contributed by atoms with van der Waals surface area (Å²) < 4.78 is 24.6. The van der Waals surface area contributed by atoms with Crippen LogP contribution in [0.5, 0.6) is 11.5 Å². The molecule has 2 aromatic carbocycles. The number of carbonyl (C=O) groups excluding carboxylic acids is 1. The Balaban J connectivity index is 1.79. The monoisotopic (exact) mass is 415 g/mol. The molecule has 1 aliphatic rings. The first-order valence-corrected chi connectivity index (χ1v) is 10.3. The van der Waals surface area contributed by atoms with Gasteiger partial charge in [-0.05, 0) is 49.9 Å². The van der Waals surface area contributed by atoms with Gasteiger partial charge in [0, 0.05) is 43.0 Å². The third-order valence-corrected chi connectivity index (χ3v) is 5.61. The van der Waals surface area contributed by atoms with Gasteiger partial charge in [0.2, 0.25) is 0 Å². The lowest BCUT2D eigenvalue weighted by Gasteiger charge is -2.37. The van der Waals surface area contributed by atoms with E-state index in [1.54, 1.807) is 25.3 Å². The molecule has 7 heteroatoms. The number of benzene rings is 2. The van der Waals surface area contributed by atoms with E-state index in [1.165, 1.54) is 19.2 Å². The molecule has 0 bridgehead atoms. The van der Waals surface area contributed by atoms with Gasteiger partial charge in [-0.2, -0.15) is 0 Å². The molecule has 1 heterocycles. The fourth-order valence-electron chi connectivity index (χ4n) is 3.80. The number of methoxy groups -OCH3 is 2. The van der Waals surface area contributed by atoms with Gasteiger partial charge in [0.25, 0.3) is 5.91 Å². The molecule has 162 valence electrons. The summed E-state index contributed by atoms with van der Waals surface area (Å²) in [4.78, 5) is 17.5. The van der Waals surface area contributed by atoms with Crippen molar-refractivity contribution in [2.45, 2.75) is 19.9 Å². The van der Waals surface area contributed by atoms with Crippen molar-refractivity contribution >= 4 is 11.6 Å². The first kappa shape index (κ1) is 21.9. The van der Waals surface area contributed by atoms with Gasteiger partial charge in [0.15, 0.2) is 11.5 Å². The predicted octanol–water partition coefficient (Wildman–Crippen LogP) is 3.48. The van der Waals surface area contributed by atoms with Gasteiger partial charge in [-0.15, -0.1) is 0 Å². The molecule has 1 amide bonds. The summed E-state index contributed by atoms with van der Waals surface area (Å²) in [6, 6.07) is 9.46. The number of halogens is 1. The molecule has 30 heavy (non-hydrogen) atoms. The second kappa shape index (κ2) is 9.80. The zero-order valence-corrected chi connectivity index (χ0v) is 18.1. The highest BCUT2D eigenvalue weighted by Crippen LogP contribution is 2.30. The fraction of sp³-hybridized carbons (Fsp3) is 0.435. The maximum absolute atomic E-state index is 14.1. The van der Waals surface area contributed by atoms with Crippen LogP contribution in [0.4, 0.5) is 10.1 Å². The van der Waals surface area contributed by atoms with Gasteiger partial charge in [-0.25, -0.2) is 4.39 Å². The van der Waals surface area contributed by atoms with Crippen molar-refractivity contribution in [2.75, 3.05) is 51.8 Å². The van der Waals surface area contributed by atoms with E-state index in [0.29, 0.717) is 17.1 Å². The highest BCUT2D eigenvalue weighted by molar-refractivity contribution is 5.95. The number of piperazine rings is 1. The Hall–Kier alpha value is -2.80. The Morgan fingerprint density at radius 3 is 2.40 bits per heavy atom. The third kappa shape index (κ3) is 4.84. The Kier molecular flexibility index (Phi) is 7.15. The van der Waals surface area contributed by atoms with Crippen LogP contribution in [0, 0.1) is 5.82 Å². The molecule has 0 saturated carbocycles. The van der Waals surface area contributed by atoms with E-state index in [-0.39, 0.29) is 17.8 Å². The molecule has 3 rings (SSSR count). The van der Waals surface area contributed by atoms with Crippen LogP contribution >= 0.6 is 0 Å². The average molecular weight is 416 g/mol. The minimum Gasteiger partial charge on any atom is -0.493 e. The Bertz CT molecular complexity index is 882. The van der Waals surface area contributed by atoms with Gasteiger partial charge in [0.1, 0.15) is 5.82 Å². The maximum atomic E-state index is 14.1. The molecule has 0 spiro atoms. The number of ether oxygens (including phenoxy) is 2. The zero-order valence-electron chi connectivity index (χ0n) is 18.1. The standard InChI is InChI=1S/C23H30FN3O3/c1-5-26-10-12-27(13-11-26)20-8-7-18(24)15-19(20)16(2)25-23(28)17-6-9-21(29-3)22(14-17)30-4/h6-9,14-16H,5,10-13H2,1-4H3,(H,25,28). The minimum atomic E-state index is -0.361. The topological polar surface area (TPSA) is 54.0 Å². The Morgan fingerprint density at radius 1 is 1.07 bits per heavy atom. The molecule has 6 nitrogen and oxygen atoms in total. The zero-order chi connectivity index (χ0) is 21.7. The van der Waals surface area contributed by atoms with Crippen LogP contribution in [0.25, 0.3) is 0 Å². The van der Waals surface area contributed by atoms with Crippen molar-refractivity contribution in [3.63, 3.8) is 0 Å². The number of likely N-dealkylation sites (N-methyl/N-ethyl adjacent to an activating group) is 1. The van der Waals surface area contributed by atoms with Crippen LogP contribution < -0.4 is 19.7 Å². The highest BCUT2D eigenvalue weighted by Gasteiger charge is 2.22. The number of nitrogens with one attached hydrogen (secondary N) is 1. The number of hydrogen-bond donors (Lipinski definition) is 1. The Morgan fingerprint density at radius 2 is 1.77 bits per heavy atom. The number of hydrogen-bond acceptors (Lipinski definition) is 5. The van der Waals surface area contributed by atoms with Crippen molar-refractivity contribution in [1.29, 1.82) is 0 Å². The van der Waals surface area contributed by atoms with Crippen LogP contribution in [-0.4, -0.2) is 57.8 Å². The average Bonchev–Trinajstić information content (AvgIpc) is 2.78. The summed E-state index contributed by atoms with van der Waals surface area (Å²) >= 11 is 0. The molecule has 0 aliphatic carbocycles. The lowest BCUT2D eigenvalue weighted by atomic mass is 10.0. The molecule has 0 aromatic heterocycles. The molecule has 1 N–H and O–H groups in total. The van der Waals surface area contributed by atoms with Crippen molar-refractivity contribution in [1.82, 2.24) is 10.2 Å². The summed E-state index contributed by atoms with van der Waals surface area (Å²) in [5.41, 5.74) is 2.19. The molecular formula is C23H30FN3O3. The molecule has 0 radical (unpaired) electrons. The van der Waals surface area contributed by atoms with Crippen LogP contribution in [0.15, 0.2) is 36.4 Å². The first-order valence-electron chi connectivity index (χ1n) is 10.3. The molecule has 1 unspecified atom stereocenters. The van der Waals surface area contributed by atoms with E-state index in [1.807, 2.05) is 13.0 Å². The van der Waals surface area contributed by atoms with Gasteiger partial charge in [0.05, 0.1) is 20.3 Å². The number of carbonyl (C=O) groups is 1. The van der Waals surface area contributed by atoms with E-state index in [9.17, 15) is 9.18 Å². The van der Waals surface area contributed by atoms with Gasteiger partial charge >= 0.3 is 0 Å². The summed E-state index contributed by atoms with van der Waals surface area (Å²) in [6.45, 7) is 8.76. The number of rotatable bonds is 7. The van der Waals surface area contributed by atoms with E-state index in [4.69, 9.17) is 9.47 Å². The van der Waals surface area contributed by atoms with E-state index in [0.717, 1.165) is 44.0 Å². The number of anilines is 1. The lowest BCUT2D eigenvalue weighted by Crippen LogP contribution is -2.46. The fourth-order valence-corrected chi connectivity index (χ4v) is 3.80. The van der Waals surface area contributed by atoms with E-state index < -0.39 is 0 Å². The SMILES string of the molecule is CCN1CCN(c2ccc(F)cc2C(C)NC(=O)c2ccc(OC)c(OC)c2)CC1. The van der Waals surface area contributed by atoms with E-state index >= 15 is 0 Å². The summed E-state index contributed by atoms with van der Waals surface area (Å²) in [5.74, 6) is 0.474. The Labute approximate surface area is 177 Å². The molecule has 1 fully saturated rings. The first-order chi connectivity index (χ1) is 14.5. The lowest BCUT2D eigenvalue weighted by molar-refractivity contribution is 0.0939. The van der Waals surface area contributed by atoms with Crippen LogP contribution in [0.3, 0.4) is 0 Å². The maximum Gasteiger partial charge on any atom is 0.251 e. The van der Waals surface area contributed by atoms with Crippen molar-refractivity contribution in [3.05, 3.63) is 53.3 Å². The normalized spacial score (nSPS) is 15.6. The molecule has 1 aliphatic heterocycles.